The summed E-state index contributed by atoms with van der Waals surface area (Å²) in [6, 6.07) is 11.2. The van der Waals surface area contributed by atoms with Crippen LogP contribution in [0.1, 0.15) is 23.1 Å². The number of nitrogens with two attached hydrogens (primary N) is 1. The number of aliphatic hydroxyl groups is 1. The van der Waals surface area contributed by atoms with E-state index in [1.807, 2.05) is 0 Å². The second kappa shape index (κ2) is 6.55. The zero-order chi connectivity index (χ0) is 14.7. The van der Waals surface area contributed by atoms with Crippen LogP contribution in [0.25, 0.3) is 0 Å². The van der Waals surface area contributed by atoms with E-state index in [-0.39, 0.29) is 17.1 Å². The van der Waals surface area contributed by atoms with Gasteiger partial charge in [-0.25, -0.2) is 4.39 Å². The summed E-state index contributed by atoms with van der Waals surface area (Å²) in [5.74, 6) is -0.958. The molecule has 0 saturated carbocycles. The van der Waals surface area contributed by atoms with Gasteiger partial charge in [-0.15, -0.1) is 0 Å². The topological polar surface area (TPSA) is 46.2 Å². The Kier molecular flexibility index (Phi) is 5.00. The van der Waals surface area contributed by atoms with E-state index in [4.69, 9.17) is 28.9 Å². The monoisotopic (exact) mass is 313 g/mol. The highest BCUT2D eigenvalue weighted by molar-refractivity contribution is 6.30. The van der Waals surface area contributed by atoms with Crippen LogP contribution in [0.3, 0.4) is 0 Å². The molecule has 20 heavy (non-hydrogen) atoms. The normalized spacial score (nSPS) is 14.1. The molecule has 0 aromatic heterocycles. The maximum atomic E-state index is 13.9. The van der Waals surface area contributed by atoms with E-state index in [0.717, 1.165) is 5.56 Å². The van der Waals surface area contributed by atoms with Gasteiger partial charge in [-0.05, 0) is 29.8 Å². The first-order chi connectivity index (χ1) is 9.52. The van der Waals surface area contributed by atoms with Gasteiger partial charge in [-0.2, -0.15) is 0 Å². The zero-order valence-electron chi connectivity index (χ0n) is 10.6. The molecule has 2 aromatic rings. The standard InChI is InChI=1S/C15H14Cl2FNO/c16-10-3-1-9(2-4-10)13(8-19)15(20)12-6-5-11(17)7-14(12)18/h1-7,13,15,20H,8,19H2. The van der Waals surface area contributed by atoms with Gasteiger partial charge in [-0.1, -0.05) is 41.4 Å². The summed E-state index contributed by atoms with van der Waals surface area (Å²) < 4.78 is 13.9. The maximum Gasteiger partial charge on any atom is 0.130 e. The summed E-state index contributed by atoms with van der Waals surface area (Å²) in [4.78, 5) is 0. The number of rotatable bonds is 4. The largest absolute Gasteiger partial charge is 0.388 e. The highest BCUT2D eigenvalue weighted by Crippen LogP contribution is 2.32. The lowest BCUT2D eigenvalue weighted by Gasteiger charge is -2.23. The van der Waals surface area contributed by atoms with Crippen molar-refractivity contribution >= 4 is 23.2 Å². The molecule has 2 aromatic carbocycles. The lowest BCUT2D eigenvalue weighted by Crippen LogP contribution is -2.21. The predicted molar refractivity (Wildman–Crippen MR) is 79.6 cm³/mol. The number of benzene rings is 2. The number of hydrogen-bond acceptors (Lipinski definition) is 2. The van der Waals surface area contributed by atoms with E-state index >= 15 is 0 Å². The summed E-state index contributed by atoms with van der Waals surface area (Å²) >= 11 is 11.5. The summed E-state index contributed by atoms with van der Waals surface area (Å²) in [5.41, 5.74) is 6.70. The molecule has 0 aliphatic rings. The summed E-state index contributed by atoms with van der Waals surface area (Å²) in [7, 11) is 0. The fraction of sp³-hybridized carbons (Fsp3) is 0.200. The fourth-order valence-corrected chi connectivity index (χ4v) is 2.40. The van der Waals surface area contributed by atoms with Crippen molar-refractivity contribution in [2.75, 3.05) is 6.54 Å². The molecule has 5 heteroatoms. The molecule has 0 aliphatic carbocycles. The predicted octanol–water partition coefficient (Wildman–Crippen LogP) is 3.91. The Morgan fingerprint density at radius 3 is 2.20 bits per heavy atom. The molecule has 106 valence electrons. The Labute approximate surface area is 126 Å². The van der Waals surface area contributed by atoms with Crippen molar-refractivity contribution in [2.45, 2.75) is 12.0 Å². The Balaban J connectivity index is 2.33. The first-order valence-electron chi connectivity index (χ1n) is 6.11. The van der Waals surface area contributed by atoms with Gasteiger partial charge in [0.05, 0.1) is 6.10 Å². The summed E-state index contributed by atoms with van der Waals surface area (Å²) in [6.45, 7) is 0.185. The highest BCUT2D eigenvalue weighted by Gasteiger charge is 2.24. The number of hydrogen-bond donors (Lipinski definition) is 2. The highest BCUT2D eigenvalue weighted by atomic mass is 35.5. The molecule has 0 aliphatic heterocycles. The van der Waals surface area contributed by atoms with E-state index in [1.165, 1.54) is 12.1 Å². The average molecular weight is 314 g/mol. The molecule has 2 rings (SSSR count). The third kappa shape index (κ3) is 3.30. The summed E-state index contributed by atoms with van der Waals surface area (Å²) in [5, 5.41) is 11.3. The van der Waals surface area contributed by atoms with Crippen molar-refractivity contribution in [1.82, 2.24) is 0 Å². The second-order valence-electron chi connectivity index (χ2n) is 4.50. The SMILES string of the molecule is NCC(c1ccc(Cl)cc1)C(O)c1ccc(Cl)cc1F. The van der Waals surface area contributed by atoms with Crippen molar-refractivity contribution < 1.29 is 9.50 Å². The first-order valence-corrected chi connectivity index (χ1v) is 6.87. The number of aliphatic hydroxyl groups excluding tert-OH is 1. The van der Waals surface area contributed by atoms with E-state index in [0.29, 0.717) is 5.02 Å². The van der Waals surface area contributed by atoms with Crippen LogP contribution < -0.4 is 5.73 Å². The van der Waals surface area contributed by atoms with Crippen LogP contribution in [-0.4, -0.2) is 11.7 Å². The van der Waals surface area contributed by atoms with E-state index < -0.39 is 17.8 Å². The lowest BCUT2D eigenvalue weighted by atomic mass is 9.89. The van der Waals surface area contributed by atoms with E-state index in [2.05, 4.69) is 0 Å². The first kappa shape index (κ1) is 15.3. The quantitative estimate of drug-likeness (QED) is 0.899. The molecule has 0 spiro atoms. The van der Waals surface area contributed by atoms with Gasteiger partial charge in [0, 0.05) is 28.1 Å². The van der Waals surface area contributed by atoms with Gasteiger partial charge in [0.1, 0.15) is 5.82 Å². The summed E-state index contributed by atoms with van der Waals surface area (Å²) in [6.07, 6.45) is -1.04. The average Bonchev–Trinajstić information content (AvgIpc) is 2.41. The smallest absolute Gasteiger partial charge is 0.130 e. The molecule has 2 nitrogen and oxygen atoms in total. The van der Waals surface area contributed by atoms with E-state index in [9.17, 15) is 9.50 Å². The van der Waals surface area contributed by atoms with Crippen molar-refractivity contribution in [2.24, 2.45) is 5.73 Å². The molecule has 0 radical (unpaired) electrons. The van der Waals surface area contributed by atoms with Gasteiger partial charge in [0.15, 0.2) is 0 Å². The van der Waals surface area contributed by atoms with Crippen LogP contribution in [0.5, 0.6) is 0 Å². The molecule has 0 fully saturated rings. The third-order valence-corrected chi connectivity index (χ3v) is 3.70. The molecule has 0 heterocycles. The minimum atomic E-state index is -1.04. The van der Waals surface area contributed by atoms with Gasteiger partial charge < -0.3 is 10.8 Å². The Morgan fingerprint density at radius 1 is 1.05 bits per heavy atom. The number of halogens is 3. The third-order valence-electron chi connectivity index (χ3n) is 3.21. The van der Waals surface area contributed by atoms with Crippen molar-refractivity contribution in [3.05, 3.63) is 69.5 Å². The minimum absolute atomic E-state index is 0.180. The molecular weight excluding hydrogens is 300 g/mol. The zero-order valence-corrected chi connectivity index (χ0v) is 12.1. The Bertz CT molecular complexity index is 589. The van der Waals surface area contributed by atoms with E-state index in [1.54, 1.807) is 30.3 Å². The van der Waals surface area contributed by atoms with Gasteiger partial charge >= 0.3 is 0 Å². The Morgan fingerprint density at radius 2 is 1.65 bits per heavy atom. The maximum absolute atomic E-state index is 13.9. The lowest BCUT2D eigenvalue weighted by molar-refractivity contribution is 0.143. The van der Waals surface area contributed by atoms with Crippen LogP contribution in [0.2, 0.25) is 10.0 Å². The van der Waals surface area contributed by atoms with Gasteiger partial charge in [0.25, 0.3) is 0 Å². The van der Waals surface area contributed by atoms with Crippen molar-refractivity contribution in [1.29, 1.82) is 0 Å². The van der Waals surface area contributed by atoms with Crippen molar-refractivity contribution in [3.8, 4) is 0 Å². The van der Waals surface area contributed by atoms with Gasteiger partial charge in [-0.3, -0.25) is 0 Å². The molecule has 2 unspecified atom stereocenters. The minimum Gasteiger partial charge on any atom is -0.388 e. The molecule has 3 N–H and O–H groups in total. The molecular formula is C15H14Cl2FNO. The van der Waals surface area contributed by atoms with Crippen LogP contribution in [0, 0.1) is 5.82 Å². The van der Waals surface area contributed by atoms with Crippen LogP contribution in [0.15, 0.2) is 42.5 Å². The second-order valence-corrected chi connectivity index (χ2v) is 5.38. The van der Waals surface area contributed by atoms with Crippen LogP contribution in [-0.2, 0) is 0 Å². The molecule has 0 saturated heterocycles. The van der Waals surface area contributed by atoms with Crippen molar-refractivity contribution in [3.63, 3.8) is 0 Å². The van der Waals surface area contributed by atoms with Gasteiger partial charge in [0.2, 0.25) is 0 Å². The molecule has 0 bridgehead atoms. The van der Waals surface area contributed by atoms with Crippen LogP contribution in [0.4, 0.5) is 4.39 Å². The Hall–Kier alpha value is -1.13. The van der Waals surface area contributed by atoms with Crippen LogP contribution >= 0.6 is 23.2 Å². The molecule has 2 atom stereocenters. The molecule has 0 amide bonds. The fourth-order valence-electron chi connectivity index (χ4n) is 2.12.